The van der Waals surface area contributed by atoms with E-state index >= 15 is 0 Å². The van der Waals surface area contributed by atoms with Gasteiger partial charge in [-0.2, -0.15) is 0 Å². The molecular formula is C28H35F2N3O6S. The molecule has 9 nitrogen and oxygen atoms in total. The lowest BCUT2D eigenvalue weighted by atomic mass is 9.87. The van der Waals surface area contributed by atoms with Gasteiger partial charge in [0.05, 0.1) is 35.1 Å². The number of hydrogen-bond acceptors (Lipinski definition) is 8. The van der Waals surface area contributed by atoms with Crippen LogP contribution in [0.3, 0.4) is 0 Å². The van der Waals surface area contributed by atoms with Crippen molar-refractivity contribution in [3.63, 3.8) is 0 Å². The lowest BCUT2D eigenvalue weighted by Crippen LogP contribution is -2.24. The summed E-state index contributed by atoms with van der Waals surface area (Å²) in [6.45, 7) is 1.31. The highest BCUT2D eigenvalue weighted by molar-refractivity contribution is 7.92. The van der Waals surface area contributed by atoms with E-state index in [1.807, 2.05) is 0 Å². The number of carbonyl (C=O) groups excluding carboxylic acids is 1. The number of rotatable bonds is 12. The molecule has 5 atom stereocenters. The first-order valence-electron chi connectivity index (χ1n) is 13.9. The highest BCUT2D eigenvalue weighted by atomic mass is 32.2. The molecule has 218 valence electrons. The zero-order valence-corrected chi connectivity index (χ0v) is 23.0. The fourth-order valence-corrected chi connectivity index (χ4v) is 6.90. The van der Waals surface area contributed by atoms with Gasteiger partial charge in [0.15, 0.2) is 21.9 Å². The lowest BCUT2D eigenvalue weighted by molar-refractivity contribution is -0.165. The molecule has 3 aliphatic rings. The van der Waals surface area contributed by atoms with E-state index in [1.165, 1.54) is 24.5 Å². The first-order valence-corrected chi connectivity index (χ1v) is 15.4. The Bertz CT molecular complexity index is 1230. The largest absolute Gasteiger partial charge is 0.474 e. The van der Waals surface area contributed by atoms with E-state index in [9.17, 15) is 22.0 Å². The van der Waals surface area contributed by atoms with Crippen LogP contribution >= 0.6 is 0 Å². The summed E-state index contributed by atoms with van der Waals surface area (Å²) in [7, 11) is -3.38. The van der Waals surface area contributed by atoms with Gasteiger partial charge in [-0.25, -0.2) is 27.2 Å². The molecule has 12 heteroatoms. The molecule has 2 unspecified atom stereocenters. The number of nitrogens with one attached hydrogen (secondary N) is 1. The van der Waals surface area contributed by atoms with Crippen molar-refractivity contribution in [3.8, 4) is 5.88 Å². The minimum Gasteiger partial charge on any atom is -0.474 e. The van der Waals surface area contributed by atoms with Gasteiger partial charge in [0, 0.05) is 6.61 Å². The number of alkyl halides is 2. The van der Waals surface area contributed by atoms with E-state index in [4.69, 9.17) is 14.2 Å². The highest BCUT2D eigenvalue weighted by Crippen LogP contribution is 2.39. The molecular weight excluding hydrogens is 544 g/mol. The second-order valence-corrected chi connectivity index (χ2v) is 12.9. The summed E-state index contributed by atoms with van der Waals surface area (Å²) in [6, 6.07) is 6.22. The Morgan fingerprint density at radius 2 is 1.77 bits per heavy atom. The quantitative estimate of drug-likeness (QED) is 0.365. The molecule has 2 saturated carbocycles. The van der Waals surface area contributed by atoms with E-state index in [0.717, 1.165) is 19.3 Å². The average molecular weight is 580 g/mol. The topological polar surface area (TPSA) is 117 Å². The van der Waals surface area contributed by atoms with E-state index in [2.05, 4.69) is 15.3 Å². The molecule has 1 aromatic heterocycles. The number of amides is 1. The molecule has 1 saturated heterocycles. The van der Waals surface area contributed by atoms with E-state index in [1.54, 1.807) is 12.1 Å². The Labute approximate surface area is 232 Å². The van der Waals surface area contributed by atoms with Gasteiger partial charge >= 0.3 is 0 Å². The van der Waals surface area contributed by atoms with Crippen molar-refractivity contribution in [2.45, 2.75) is 86.1 Å². The van der Waals surface area contributed by atoms with Crippen LogP contribution < -0.4 is 10.1 Å². The second-order valence-electron chi connectivity index (χ2n) is 10.7. The zero-order valence-electron chi connectivity index (χ0n) is 22.2. The lowest BCUT2D eigenvalue weighted by Gasteiger charge is -2.22. The van der Waals surface area contributed by atoms with Gasteiger partial charge in [-0.15, -0.1) is 0 Å². The highest BCUT2D eigenvalue weighted by Gasteiger charge is 2.38. The predicted octanol–water partition coefficient (Wildman–Crippen LogP) is 4.53. The van der Waals surface area contributed by atoms with Crippen molar-refractivity contribution in [1.29, 1.82) is 0 Å². The van der Waals surface area contributed by atoms with E-state index in [-0.39, 0.29) is 59.9 Å². The standard InChI is InChI=1S/C28H35F2N3O6S/c29-23-14-18(15-24(23)30)13-22(19-4-6-20(7-5-19)40(35,36)21-8-9-21)28(34)33-25-16-32-26(17-31-25)37-11-12-39-27-3-1-2-10-38-27/h4-7,16-18,21-24,27H,1-3,8-15H2,(H,31,33,34)/t18?,22-,23-,24+,27?/m1/s1. The Morgan fingerprint density at radius 1 is 1.02 bits per heavy atom. The van der Waals surface area contributed by atoms with Gasteiger partial charge in [0.2, 0.25) is 11.8 Å². The number of carbonyl (C=O) groups is 1. The van der Waals surface area contributed by atoms with Crippen molar-refractivity contribution in [2.75, 3.05) is 25.1 Å². The van der Waals surface area contributed by atoms with Gasteiger partial charge in [-0.05, 0) is 75.0 Å². The van der Waals surface area contributed by atoms with Gasteiger partial charge in [-0.1, -0.05) is 12.1 Å². The van der Waals surface area contributed by atoms with Crippen LogP contribution in [0.5, 0.6) is 5.88 Å². The maximum Gasteiger partial charge on any atom is 0.233 e. The van der Waals surface area contributed by atoms with Crippen molar-refractivity contribution in [3.05, 3.63) is 42.2 Å². The number of ether oxygens (including phenoxy) is 3. The monoisotopic (exact) mass is 579 g/mol. The van der Waals surface area contributed by atoms with Crippen LogP contribution in [0.15, 0.2) is 41.6 Å². The normalized spacial score (nSPS) is 25.9. The number of halogens is 2. The molecule has 0 radical (unpaired) electrons. The van der Waals surface area contributed by atoms with E-state index < -0.39 is 34.0 Å². The summed E-state index contributed by atoms with van der Waals surface area (Å²) in [6.07, 6.45) is 4.06. The number of anilines is 1. The summed E-state index contributed by atoms with van der Waals surface area (Å²) in [4.78, 5) is 22.0. The summed E-state index contributed by atoms with van der Waals surface area (Å²) < 4.78 is 69.6. The SMILES string of the molecule is O=C(Nc1cnc(OCCOC2CCCCO2)cn1)[C@H](CC1C[C@@H](F)[C@@H](F)C1)c1ccc(S(=O)(=O)C2CC2)cc1. The predicted molar refractivity (Wildman–Crippen MR) is 142 cm³/mol. The maximum absolute atomic E-state index is 13.9. The second kappa shape index (κ2) is 12.9. The maximum atomic E-state index is 13.9. The first-order chi connectivity index (χ1) is 19.3. The molecule has 5 rings (SSSR count). The van der Waals surface area contributed by atoms with Crippen molar-refractivity contribution >= 4 is 21.6 Å². The Hall–Kier alpha value is -2.70. The summed E-state index contributed by atoms with van der Waals surface area (Å²) in [5.41, 5.74) is 0.569. The molecule has 0 spiro atoms. The number of nitrogens with zero attached hydrogens (tertiary/aromatic N) is 2. The molecule has 1 N–H and O–H groups in total. The van der Waals surface area contributed by atoms with Gasteiger partial charge in [0.1, 0.15) is 19.0 Å². The third kappa shape index (κ3) is 7.32. The zero-order chi connectivity index (χ0) is 28.1. The third-order valence-corrected chi connectivity index (χ3v) is 9.90. The fraction of sp³-hybridized carbons (Fsp3) is 0.607. The number of sulfone groups is 1. The van der Waals surface area contributed by atoms with Crippen LogP contribution in [0.4, 0.5) is 14.6 Å². The Balaban J connectivity index is 1.20. The minimum atomic E-state index is -3.38. The molecule has 40 heavy (non-hydrogen) atoms. The number of hydrogen-bond donors (Lipinski definition) is 1. The van der Waals surface area contributed by atoms with Gasteiger partial charge in [-0.3, -0.25) is 4.79 Å². The average Bonchev–Trinajstić information content (AvgIpc) is 3.77. The molecule has 2 aliphatic carbocycles. The number of benzene rings is 1. The Kier molecular flexibility index (Phi) is 9.27. The van der Waals surface area contributed by atoms with Crippen molar-refractivity contribution < 1.29 is 36.2 Å². The molecule has 2 aromatic rings. The van der Waals surface area contributed by atoms with Crippen LogP contribution in [0.2, 0.25) is 0 Å². The van der Waals surface area contributed by atoms with Gasteiger partial charge < -0.3 is 19.5 Å². The number of aromatic nitrogens is 2. The van der Waals surface area contributed by atoms with Crippen molar-refractivity contribution in [2.24, 2.45) is 5.92 Å². The smallest absolute Gasteiger partial charge is 0.233 e. The Morgan fingerprint density at radius 3 is 2.40 bits per heavy atom. The summed E-state index contributed by atoms with van der Waals surface area (Å²) in [5.74, 6) is -1.03. The van der Waals surface area contributed by atoms with Crippen LogP contribution in [0, 0.1) is 5.92 Å². The third-order valence-electron chi connectivity index (χ3n) is 7.62. The summed E-state index contributed by atoms with van der Waals surface area (Å²) in [5, 5.41) is 2.39. The molecule has 2 heterocycles. The van der Waals surface area contributed by atoms with Gasteiger partial charge in [0.25, 0.3) is 0 Å². The van der Waals surface area contributed by atoms with Crippen LogP contribution in [-0.2, 0) is 24.1 Å². The molecule has 0 bridgehead atoms. The van der Waals surface area contributed by atoms with Crippen LogP contribution in [0.1, 0.15) is 62.8 Å². The van der Waals surface area contributed by atoms with E-state index in [0.29, 0.717) is 31.6 Å². The fourth-order valence-electron chi connectivity index (χ4n) is 5.25. The molecule has 3 fully saturated rings. The van der Waals surface area contributed by atoms with Crippen LogP contribution in [0.25, 0.3) is 0 Å². The van der Waals surface area contributed by atoms with Crippen molar-refractivity contribution in [1.82, 2.24) is 9.97 Å². The summed E-state index contributed by atoms with van der Waals surface area (Å²) >= 11 is 0. The first kappa shape index (κ1) is 28.8. The molecule has 1 aliphatic heterocycles. The minimum absolute atomic E-state index is 0.0432. The molecule has 1 amide bonds. The van der Waals surface area contributed by atoms with Crippen LogP contribution in [-0.4, -0.2) is 68.0 Å². The molecule has 1 aromatic carbocycles.